The van der Waals surface area contributed by atoms with Crippen LogP contribution in [0.25, 0.3) is 11.0 Å². The second-order valence-electron chi connectivity index (χ2n) is 10.8. The Bertz CT molecular complexity index is 1400. The Kier molecular flexibility index (Phi) is 5.97. The highest BCUT2D eigenvalue weighted by atomic mass is 32.2. The Labute approximate surface area is 212 Å². The van der Waals surface area contributed by atoms with E-state index >= 15 is 0 Å². The van der Waals surface area contributed by atoms with Gasteiger partial charge in [-0.25, -0.2) is 27.2 Å². The van der Waals surface area contributed by atoms with E-state index in [1.807, 2.05) is 34.6 Å². The number of aromatic nitrogens is 3. The van der Waals surface area contributed by atoms with Crippen molar-refractivity contribution in [3.8, 4) is 0 Å². The summed E-state index contributed by atoms with van der Waals surface area (Å²) >= 11 is 0. The van der Waals surface area contributed by atoms with Crippen LogP contribution in [0.1, 0.15) is 57.6 Å². The first-order valence-electron chi connectivity index (χ1n) is 12.4. The minimum atomic E-state index is -3.83. The zero-order valence-electron chi connectivity index (χ0n) is 21.4. The van der Waals surface area contributed by atoms with Gasteiger partial charge >= 0.3 is 6.09 Å². The summed E-state index contributed by atoms with van der Waals surface area (Å²) in [6.07, 6.45) is 4.87. The summed E-state index contributed by atoms with van der Waals surface area (Å²) in [7, 11) is -3.83. The first-order valence-corrected chi connectivity index (χ1v) is 13.8. The van der Waals surface area contributed by atoms with Gasteiger partial charge in [0, 0.05) is 31.9 Å². The topological polar surface area (TPSA) is 97.6 Å². The molecule has 5 rings (SSSR count). The molecule has 1 saturated heterocycles. The van der Waals surface area contributed by atoms with E-state index in [0.29, 0.717) is 31.2 Å². The molecule has 1 aliphatic carbocycles. The lowest BCUT2D eigenvalue weighted by Gasteiger charge is -2.41. The van der Waals surface area contributed by atoms with Crippen LogP contribution in [0.15, 0.2) is 41.7 Å². The van der Waals surface area contributed by atoms with Gasteiger partial charge in [-0.1, -0.05) is 17.7 Å². The van der Waals surface area contributed by atoms with Gasteiger partial charge in [-0.3, -0.25) is 0 Å². The second kappa shape index (κ2) is 8.76. The minimum Gasteiger partial charge on any atom is -0.444 e. The van der Waals surface area contributed by atoms with Gasteiger partial charge in [-0.2, -0.15) is 0 Å². The molecule has 1 amide bonds. The molecule has 0 bridgehead atoms. The second-order valence-corrected chi connectivity index (χ2v) is 12.7. The predicted molar refractivity (Wildman–Crippen MR) is 138 cm³/mol. The van der Waals surface area contributed by atoms with E-state index in [9.17, 15) is 13.2 Å². The van der Waals surface area contributed by atoms with Crippen LogP contribution in [0, 0.1) is 6.92 Å². The molecule has 3 aromatic rings. The Morgan fingerprint density at radius 1 is 1.08 bits per heavy atom. The number of benzene rings is 1. The summed E-state index contributed by atoms with van der Waals surface area (Å²) in [6.45, 7) is 11.1. The number of fused-ring (bicyclic) bond motifs is 1. The normalized spacial score (nSPS) is 19.1. The van der Waals surface area contributed by atoms with Crippen LogP contribution in [0.3, 0.4) is 0 Å². The molecule has 192 valence electrons. The third-order valence-electron chi connectivity index (χ3n) is 6.71. The van der Waals surface area contributed by atoms with Crippen molar-refractivity contribution >= 4 is 33.0 Å². The van der Waals surface area contributed by atoms with Gasteiger partial charge < -0.3 is 14.5 Å². The van der Waals surface area contributed by atoms with Gasteiger partial charge in [0.1, 0.15) is 17.7 Å². The van der Waals surface area contributed by atoms with E-state index in [2.05, 4.69) is 14.9 Å². The van der Waals surface area contributed by atoms with E-state index in [1.54, 1.807) is 35.4 Å². The highest BCUT2D eigenvalue weighted by molar-refractivity contribution is 7.90. The van der Waals surface area contributed by atoms with Crippen LogP contribution in [-0.2, 0) is 14.8 Å². The third-order valence-corrected chi connectivity index (χ3v) is 8.37. The van der Waals surface area contributed by atoms with Gasteiger partial charge in [0.05, 0.1) is 10.3 Å². The molecule has 2 aliphatic rings. The van der Waals surface area contributed by atoms with Crippen molar-refractivity contribution in [3.63, 3.8) is 0 Å². The quantitative estimate of drug-likeness (QED) is 0.515. The first kappa shape index (κ1) is 24.5. The fourth-order valence-corrected chi connectivity index (χ4v) is 6.06. The van der Waals surface area contributed by atoms with Crippen LogP contribution in [-0.4, -0.2) is 64.6 Å². The van der Waals surface area contributed by atoms with Gasteiger partial charge in [-0.05, 0) is 71.1 Å². The number of amides is 1. The van der Waals surface area contributed by atoms with E-state index in [4.69, 9.17) is 4.74 Å². The predicted octanol–water partition coefficient (Wildman–Crippen LogP) is 4.30. The fourth-order valence-electron chi connectivity index (χ4n) is 4.74. The number of carbonyl (C=O) groups excluding carboxylic acids is 1. The average molecular weight is 512 g/mol. The molecule has 1 aromatic carbocycles. The molecule has 0 radical (unpaired) electrons. The molecule has 36 heavy (non-hydrogen) atoms. The number of ether oxygens (including phenoxy) is 1. The average Bonchev–Trinajstić information content (AvgIpc) is 3.57. The molecule has 10 heteroatoms. The smallest absolute Gasteiger partial charge is 0.410 e. The maximum Gasteiger partial charge on any atom is 0.410 e. The van der Waals surface area contributed by atoms with Crippen LogP contribution < -0.4 is 4.90 Å². The largest absolute Gasteiger partial charge is 0.444 e. The zero-order chi connectivity index (χ0) is 25.8. The Balaban J connectivity index is 1.53. The summed E-state index contributed by atoms with van der Waals surface area (Å²) < 4.78 is 34.1. The number of hydrogen-bond donors (Lipinski definition) is 0. The number of anilines is 1. The summed E-state index contributed by atoms with van der Waals surface area (Å²) in [5.41, 5.74) is 1.80. The zero-order valence-corrected chi connectivity index (χ0v) is 22.2. The molecular weight excluding hydrogens is 478 g/mol. The van der Waals surface area contributed by atoms with Crippen LogP contribution >= 0.6 is 0 Å². The minimum absolute atomic E-state index is 0.0338. The van der Waals surface area contributed by atoms with Crippen molar-refractivity contribution in [1.29, 1.82) is 0 Å². The van der Waals surface area contributed by atoms with Crippen molar-refractivity contribution in [3.05, 3.63) is 47.9 Å². The number of hydrogen-bond acceptors (Lipinski definition) is 7. The van der Waals surface area contributed by atoms with Gasteiger partial charge in [0.2, 0.25) is 0 Å². The molecule has 2 aromatic heterocycles. The van der Waals surface area contributed by atoms with Gasteiger partial charge in [0.25, 0.3) is 10.0 Å². The monoisotopic (exact) mass is 511 g/mol. The van der Waals surface area contributed by atoms with Gasteiger partial charge in [-0.15, -0.1) is 0 Å². The van der Waals surface area contributed by atoms with Crippen LogP contribution in [0.4, 0.5) is 10.6 Å². The lowest BCUT2D eigenvalue weighted by molar-refractivity contribution is 0.0218. The molecular formula is C26H33N5O4S. The molecule has 0 spiro atoms. The van der Waals surface area contributed by atoms with Crippen LogP contribution in [0.5, 0.6) is 0 Å². The molecule has 9 nitrogen and oxygen atoms in total. The number of aryl methyl sites for hydroxylation is 1. The summed E-state index contributed by atoms with van der Waals surface area (Å²) in [5, 5.41) is 0.785. The van der Waals surface area contributed by atoms with Crippen molar-refractivity contribution < 1.29 is 17.9 Å². The Hall–Kier alpha value is -3.14. The molecule has 2 fully saturated rings. The lowest BCUT2D eigenvalue weighted by atomic mass is 10.1. The van der Waals surface area contributed by atoms with E-state index in [1.165, 1.54) is 10.3 Å². The van der Waals surface area contributed by atoms with E-state index in [0.717, 1.165) is 35.2 Å². The van der Waals surface area contributed by atoms with Gasteiger partial charge in [0.15, 0.2) is 5.65 Å². The Morgan fingerprint density at radius 3 is 2.39 bits per heavy atom. The maximum absolute atomic E-state index is 13.6. The van der Waals surface area contributed by atoms with Crippen molar-refractivity contribution in [2.75, 3.05) is 24.5 Å². The summed E-state index contributed by atoms with van der Waals surface area (Å²) in [5.74, 6) is 1.01. The molecule has 1 atom stereocenters. The highest BCUT2D eigenvalue weighted by Crippen LogP contribution is 2.46. The summed E-state index contributed by atoms with van der Waals surface area (Å²) in [6, 6.07) is 6.83. The Morgan fingerprint density at radius 2 is 1.78 bits per heavy atom. The number of piperazine rings is 1. The number of carbonyl (C=O) groups is 1. The lowest BCUT2D eigenvalue weighted by Crippen LogP contribution is -2.54. The third kappa shape index (κ3) is 4.54. The van der Waals surface area contributed by atoms with E-state index in [-0.39, 0.29) is 17.0 Å². The first-order chi connectivity index (χ1) is 17.0. The molecule has 1 aliphatic heterocycles. The van der Waals surface area contributed by atoms with Crippen LogP contribution in [0.2, 0.25) is 0 Å². The summed E-state index contributed by atoms with van der Waals surface area (Å²) in [4.78, 5) is 25.8. The standard InChI is InChI=1S/C26H33N5O4S/c1-17-6-10-20(11-7-17)36(33,34)31-15-21(19-8-9-19)22-23(27-16-28-24(22)31)30-13-12-29(14-18(30)2)25(32)35-26(3,4)5/h6-7,10-11,15-16,18-19H,8-9,12-14H2,1-5H3. The molecule has 3 heterocycles. The molecule has 1 saturated carbocycles. The van der Waals surface area contributed by atoms with Crippen molar-refractivity contribution in [2.45, 2.75) is 69.9 Å². The number of nitrogens with zero attached hydrogens (tertiary/aromatic N) is 5. The van der Waals surface area contributed by atoms with Crippen molar-refractivity contribution in [1.82, 2.24) is 18.8 Å². The van der Waals surface area contributed by atoms with Crippen molar-refractivity contribution in [2.24, 2.45) is 0 Å². The fraction of sp³-hybridized carbons (Fsp3) is 0.500. The molecule has 0 N–H and O–H groups in total. The molecule has 1 unspecified atom stereocenters. The van der Waals surface area contributed by atoms with E-state index < -0.39 is 15.6 Å². The maximum atomic E-state index is 13.6. The number of rotatable bonds is 4. The SMILES string of the molecule is Cc1ccc(S(=O)(=O)n2cc(C3CC3)c3c(N4CCN(C(=O)OC(C)(C)C)CC4C)ncnc32)cc1. The highest BCUT2D eigenvalue weighted by Gasteiger charge is 2.36.